The number of likely N-dealkylation sites (tertiary alicyclic amines) is 1. The third kappa shape index (κ3) is 5.96. The van der Waals surface area contributed by atoms with Gasteiger partial charge in [0, 0.05) is 17.8 Å². The van der Waals surface area contributed by atoms with Gasteiger partial charge in [-0.05, 0) is 56.3 Å². The predicted molar refractivity (Wildman–Crippen MR) is 107 cm³/mol. The standard InChI is InChI=1S/C21H22F3N3O3/c22-21(23,24)16-6-7-19(30-11-10-27-8-1-2-9-27)18(13-16)26-20(29)25-17-5-3-4-15(12-17)14-28/h3-7,12-14H,1-2,8-11H2,(H2,25,26,29). The van der Waals surface area contributed by atoms with Crippen LogP contribution in [0, 0.1) is 0 Å². The van der Waals surface area contributed by atoms with Crippen LogP contribution in [0.3, 0.4) is 0 Å². The van der Waals surface area contributed by atoms with Gasteiger partial charge in [0.1, 0.15) is 18.6 Å². The van der Waals surface area contributed by atoms with E-state index in [2.05, 4.69) is 15.5 Å². The van der Waals surface area contributed by atoms with Crippen LogP contribution in [0.2, 0.25) is 0 Å². The monoisotopic (exact) mass is 421 g/mol. The number of nitrogens with zero attached hydrogens (tertiary/aromatic N) is 1. The fraction of sp³-hybridized carbons (Fsp3) is 0.333. The maximum atomic E-state index is 13.1. The van der Waals surface area contributed by atoms with Crippen LogP contribution in [0.25, 0.3) is 0 Å². The lowest BCUT2D eigenvalue weighted by Gasteiger charge is -2.18. The van der Waals surface area contributed by atoms with Crippen molar-refractivity contribution in [1.82, 2.24) is 4.90 Å². The van der Waals surface area contributed by atoms with Crippen LogP contribution in [0.5, 0.6) is 5.75 Å². The van der Waals surface area contributed by atoms with Crippen molar-refractivity contribution < 1.29 is 27.5 Å². The van der Waals surface area contributed by atoms with Gasteiger partial charge in [0.2, 0.25) is 0 Å². The third-order valence-corrected chi connectivity index (χ3v) is 4.70. The highest BCUT2D eigenvalue weighted by Crippen LogP contribution is 2.35. The topological polar surface area (TPSA) is 70.7 Å². The van der Waals surface area contributed by atoms with E-state index in [4.69, 9.17) is 4.74 Å². The molecule has 1 saturated heterocycles. The lowest BCUT2D eigenvalue weighted by molar-refractivity contribution is -0.137. The first kappa shape index (κ1) is 21.6. The summed E-state index contributed by atoms with van der Waals surface area (Å²) in [6, 6.07) is 8.37. The normalized spacial score (nSPS) is 14.4. The summed E-state index contributed by atoms with van der Waals surface area (Å²) in [5.74, 6) is 0.152. The van der Waals surface area contributed by atoms with Gasteiger partial charge in [-0.15, -0.1) is 0 Å². The zero-order chi connectivity index (χ0) is 21.6. The number of halogens is 3. The molecule has 0 aromatic heterocycles. The minimum atomic E-state index is -4.56. The van der Waals surface area contributed by atoms with E-state index in [-0.39, 0.29) is 11.4 Å². The van der Waals surface area contributed by atoms with Crippen molar-refractivity contribution in [2.45, 2.75) is 19.0 Å². The van der Waals surface area contributed by atoms with Crippen molar-refractivity contribution in [3.63, 3.8) is 0 Å². The van der Waals surface area contributed by atoms with Crippen LogP contribution in [0.1, 0.15) is 28.8 Å². The molecule has 2 aromatic rings. The molecule has 0 bridgehead atoms. The number of amides is 2. The number of urea groups is 1. The number of hydrogen-bond acceptors (Lipinski definition) is 4. The maximum absolute atomic E-state index is 13.1. The largest absolute Gasteiger partial charge is 0.490 e. The van der Waals surface area contributed by atoms with E-state index in [1.165, 1.54) is 12.1 Å². The van der Waals surface area contributed by atoms with Gasteiger partial charge in [-0.25, -0.2) is 4.79 Å². The molecule has 1 aliphatic rings. The average Bonchev–Trinajstić information content (AvgIpc) is 3.22. The molecular weight excluding hydrogens is 399 g/mol. The Kier molecular flexibility index (Phi) is 6.94. The zero-order valence-corrected chi connectivity index (χ0v) is 16.2. The number of carbonyl (C=O) groups excluding carboxylic acids is 2. The van der Waals surface area contributed by atoms with Crippen LogP contribution in [0.15, 0.2) is 42.5 Å². The van der Waals surface area contributed by atoms with Crippen molar-refractivity contribution in [3.05, 3.63) is 53.6 Å². The Morgan fingerprint density at radius 3 is 2.57 bits per heavy atom. The zero-order valence-electron chi connectivity index (χ0n) is 16.2. The summed E-state index contributed by atoms with van der Waals surface area (Å²) in [6.45, 7) is 2.90. The lowest BCUT2D eigenvalue weighted by atomic mass is 10.1. The molecule has 0 spiro atoms. The molecular formula is C21H22F3N3O3. The number of rotatable bonds is 7. The number of ether oxygens (including phenoxy) is 1. The molecule has 0 aliphatic carbocycles. The summed E-state index contributed by atoms with van der Waals surface area (Å²) in [5, 5.41) is 4.91. The molecule has 0 atom stereocenters. The molecule has 6 nitrogen and oxygen atoms in total. The molecule has 9 heteroatoms. The molecule has 30 heavy (non-hydrogen) atoms. The van der Waals surface area contributed by atoms with Crippen molar-refractivity contribution in [2.75, 3.05) is 36.9 Å². The Bertz CT molecular complexity index is 897. The van der Waals surface area contributed by atoms with E-state index in [9.17, 15) is 22.8 Å². The molecule has 0 unspecified atom stereocenters. The number of hydrogen-bond donors (Lipinski definition) is 2. The Labute approximate surface area is 172 Å². The van der Waals surface area contributed by atoms with Gasteiger partial charge in [0.25, 0.3) is 0 Å². The number of alkyl halides is 3. The summed E-state index contributed by atoms with van der Waals surface area (Å²) in [5.41, 5.74) is -0.290. The second-order valence-electron chi connectivity index (χ2n) is 6.93. The molecule has 0 saturated carbocycles. The van der Waals surface area contributed by atoms with E-state index in [1.807, 2.05) is 0 Å². The molecule has 1 heterocycles. The molecule has 160 valence electrons. The number of carbonyl (C=O) groups is 2. The first-order valence-corrected chi connectivity index (χ1v) is 9.55. The summed E-state index contributed by atoms with van der Waals surface area (Å²) in [4.78, 5) is 25.4. The van der Waals surface area contributed by atoms with Crippen molar-refractivity contribution in [3.8, 4) is 5.75 Å². The van der Waals surface area contributed by atoms with E-state index < -0.39 is 17.8 Å². The van der Waals surface area contributed by atoms with Gasteiger partial charge in [0.05, 0.1) is 11.3 Å². The molecule has 0 radical (unpaired) electrons. The van der Waals surface area contributed by atoms with E-state index >= 15 is 0 Å². The van der Waals surface area contributed by atoms with E-state index in [0.29, 0.717) is 30.7 Å². The molecule has 2 aromatic carbocycles. The fourth-order valence-corrected chi connectivity index (χ4v) is 3.20. The highest BCUT2D eigenvalue weighted by molar-refractivity contribution is 6.01. The van der Waals surface area contributed by atoms with Crippen LogP contribution in [-0.2, 0) is 6.18 Å². The lowest BCUT2D eigenvalue weighted by Crippen LogP contribution is -2.25. The predicted octanol–water partition coefficient (Wildman–Crippen LogP) is 4.64. The Balaban J connectivity index is 1.71. The van der Waals surface area contributed by atoms with E-state index in [0.717, 1.165) is 38.1 Å². The SMILES string of the molecule is O=Cc1cccc(NC(=O)Nc2cc(C(F)(F)F)ccc2OCCN2CCCC2)c1. The molecule has 1 fully saturated rings. The maximum Gasteiger partial charge on any atom is 0.416 e. The fourth-order valence-electron chi connectivity index (χ4n) is 3.20. The number of anilines is 2. The molecule has 1 aliphatic heterocycles. The first-order valence-electron chi connectivity index (χ1n) is 9.55. The molecule has 2 amide bonds. The van der Waals surface area contributed by atoms with Crippen LogP contribution in [-0.4, -0.2) is 43.5 Å². The minimum absolute atomic E-state index is 0.0877. The van der Waals surface area contributed by atoms with Crippen LogP contribution in [0.4, 0.5) is 29.3 Å². The Morgan fingerprint density at radius 2 is 1.87 bits per heavy atom. The number of benzene rings is 2. The van der Waals surface area contributed by atoms with Crippen molar-refractivity contribution in [1.29, 1.82) is 0 Å². The van der Waals surface area contributed by atoms with Crippen LogP contribution >= 0.6 is 0 Å². The summed E-state index contributed by atoms with van der Waals surface area (Å²) in [6.07, 6.45) is -1.68. The van der Waals surface area contributed by atoms with E-state index in [1.54, 1.807) is 18.2 Å². The highest BCUT2D eigenvalue weighted by atomic mass is 19.4. The summed E-state index contributed by atoms with van der Waals surface area (Å²) in [7, 11) is 0. The quantitative estimate of drug-likeness (QED) is 0.640. The van der Waals surface area contributed by atoms with Crippen molar-refractivity contribution >= 4 is 23.7 Å². The molecule has 3 rings (SSSR count). The van der Waals surface area contributed by atoms with Gasteiger partial charge in [-0.1, -0.05) is 12.1 Å². The second kappa shape index (κ2) is 9.62. The minimum Gasteiger partial charge on any atom is -0.490 e. The number of aldehydes is 1. The van der Waals surface area contributed by atoms with Gasteiger partial charge >= 0.3 is 12.2 Å². The summed E-state index contributed by atoms with van der Waals surface area (Å²) < 4.78 is 45.0. The Hall–Kier alpha value is -3.07. The summed E-state index contributed by atoms with van der Waals surface area (Å²) >= 11 is 0. The Morgan fingerprint density at radius 1 is 1.10 bits per heavy atom. The highest BCUT2D eigenvalue weighted by Gasteiger charge is 2.31. The third-order valence-electron chi connectivity index (χ3n) is 4.70. The van der Waals surface area contributed by atoms with Gasteiger partial charge < -0.3 is 15.4 Å². The van der Waals surface area contributed by atoms with Crippen LogP contribution < -0.4 is 15.4 Å². The smallest absolute Gasteiger partial charge is 0.416 e. The van der Waals surface area contributed by atoms with Crippen molar-refractivity contribution in [2.24, 2.45) is 0 Å². The van der Waals surface area contributed by atoms with Gasteiger partial charge in [-0.2, -0.15) is 13.2 Å². The first-order chi connectivity index (χ1) is 14.3. The van der Waals surface area contributed by atoms with Gasteiger partial charge in [-0.3, -0.25) is 9.69 Å². The average molecular weight is 421 g/mol. The van der Waals surface area contributed by atoms with Gasteiger partial charge in [0.15, 0.2) is 0 Å². The second-order valence-corrected chi connectivity index (χ2v) is 6.93. The number of nitrogens with one attached hydrogen (secondary N) is 2. The molecule has 2 N–H and O–H groups in total.